The van der Waals surface area contributed by atoms with Crippen LogP contribution >= 0.6 is 0 Å². The number of nitrogens with zero attached hydrogens (tertiary/aromatic N) is 5. The van der Waals surface area contributed by atoms with E-state index in [2.05, 4.69) is 39.1 Å². The van der Waals surface area contributed by atoms with Crippen LogP contribution in [0.1, 0.15) is 67.9 Å². The van der Waals surface area contributed by atoms with Gasteiger partial charge in [-0.1, -0.05) is 36.9 Å². The first-order chi connectivity index (χ1) is 24.1. The molecule has 4 aliphatic rings. The molecule has 7 rings (SSSR count). The lowest BCUT2D eigenvalue weighted by atomic mass is 9.97. The van der Waals surface area contributed by atoms with E-state index in [1.807, 2.05) is 32.2 Å². The standard InChI is InChI=1S/C38H46FN7O4/c1-5-40-37(48)41-31-16-13-25(19-30(31)39)33-32-34(43-36(42-33)45-21-28-14-15-29(22-45)49-28)50-38(3,4)23-46(35(32)47)20-26-11-8-7-10-24(26)18-27-12-9-17-44(27)6-2/h6-8,10-11,13,16,19,27-29H,2,5,9,12,14-15,17-18,20-23H2,1,3-4H3,(H2,40,41,48)/t27-,28?,29?/m0/s1. The number of fused-ring (bicyclic) bond motifs is 3. The van der Waals surface area contributed by atoms with Crippen molar-refractivity contribution in [1.82, 2.24) is 25.1 Å². The summed E-state index contributed by atoms with van der Waals surface area (Å²) >= 11 is 0. The molecule has 50 heavy (non-hydrogen) atoms. The van der Waals surface area contributed by atoms with Gasteiger partial charge < -0.3 is 34.8 Å². The van der Waals surface area contributed by atoms with Crippen molar-refractivity contribution < 1.29 is 23.5 Å². The number of hydrogen-bond donors (Lipinski definition) is 2. The van der Waals surface area contributed by atoms with Gasteiger partial charge in [-0.25, -0.2) is 14.2 Å². The maximum absolute atomic E-state index is 15.6. The van der Waals surface area contributed by atoms with Crippen LogP contribution in [-0.2, 0) is 17.7 Å². The molecule has 3 fully saturated rings. The van der Waals surface area contributed by atoms with Crippen LogP contribution in [0.25, 0.3) is 11.3 Å². The van der Waals surface area contributed by atoms with Crippen molar-refractivity contribution in [3.63, 3.8) is 0 Å². The van der Waals surface area contributed by atoms with E-state index in [-0.39, 0.29) is 40.9 Å². The average Bonchev–Trinajstić information content (AvgIpc) is 3.66. The van der Waals surface area contributed by atoms with Crippen LogP contribution in [0.3, 0.4) is 0 Å². The lowest BCUT2D eigenvalue weighted by Gasteiger charge is -2.33. The van der Waals surface area contributed by atoms with Crippen molar-refractivity contribution in [2.75, 3.05) is 42.9 Å². The first-order valence-corrected chi connectivity index (χ1v) is 17.7. The van der Waals surface area contributed by atoms with E-state index in [0.29, 0.717) is 50.3 Å². The Morgan fingerprint density at radius 1 is 1.10 bits per heavy atom. The molecule has 11 nitrogen and oxygen atoms in total. The second kappa shape index (κ2) is 13.9. The van der Waals surface area contributed by atoms with Crippen LogP contribution in [-0.4, -0.2) is 88.3 Å². The zero-order valence-corrected chi connectivity index (χ0v) is 29.1. The Morgan fingerprint density at radius 2 is 1.86 bits per heavy atom. The number of hydrogen-bond acceptors (Lipinski definition) is 8. The lowest BCUT2D eigenvalue weighted by Crippen LogP contribution is -2.43. The van der Waals surface area contributed by atoms with Crippen molar-refractivity contribution in [2.24, 2.45) is 0 Å². The molecule has 0 spiro atoms. The zero-order chi connectivity index (χ0) is 35.0. The van der Waals surface area contributed by atoms with Crippen LogP contribution in [0, 0.1) is 5.82 Å². The van der Waals surface area contributed by atoms with Crippen LogP contribution in [0.4, 0.5) is 20.8 Å². The molecule has 12 heteroatoms. The summed E-state index contributed by atoms with van der Waals surface area (Å²) in [6, 6.07) is 12.6. The quantitative estimate of drug-likeness (QED) is 0.293. The fourth-order valence-electron chi connectivity index (χ4n) is 7.71. The number of amides is 3. The molecular formula is C38H46FN7O4. The highest BCUT2D eigenvalue weighted by Crippen LogP contribution is 2.39. The highest BCUT2D eigenvalue weighted by atomic mass is 19.1. The Bertz CT molecular complexity index is 1770. The second-order valence-corrected chi connectivity index (χ2v) is 14.3. The van der Waals surface area contributed by atoms with Crippen molar-refractivity contribution in [3.05, 3.63) is 77.8 Å². The molecule has 2 bridgehead atoms. The second-order valence-electron chi connectivity index (χ2n) is 14.3. The van der Waals surface area contributed by atoms with Gasteiger partial charge in [-0.2, -0.15) is 4.98 Å². The predicted molar refractivity (Wildman–Crippen MR) is 190 cm³/mol. The number of aromatic nitrogens is 2. The number of likely N-dealkylation sites (tertiary alicyclic amines) is 1. The Labute approximate surface area is 292 Å². The smallest absolute Gasteiger partial charge is 0.319 e. The highest BCUT2D eigenvalue weighted by Gasteiger charge is 2.40. The number of carbonyl (C=O) groups is 2. The van der Waals surface area contributed by atoms with E-state index in [0.717, 1.165) is 44.2 Å². The Morgan fingerprint density at radius 3 is 2.58 bits per heavy atom. The van der Waals surface area contributed by atoms with E-state index in [1.165, 1.54) is 17.7 Å². The first kappa shape index (κ1) is 33.8. The number of anilines is 2. The molecule has 3 aromatic rings. The number of rotatable bonds is 9. The monoisotopic (exact) mass is 683 g/mol. The van der Waals surface area contributed by atoms with E-state index in [1.54, 1.807) is 17.9 Å². The fraction of sp³-hybridized carbons (Fsp3) is 0.474. The largest absolute Gasteiger partial charge is 0.469 e. The summed E-state index contributed by atoms with van der Waals surface area (Å²) in [6.45, 7) is 13.0. The number of halogens is 1. The summed E-state index contributed by atoms with van der Waals surface area (Å²) in [4.78, 5) is 43.0. The molecule has 2 N–H and O–H groups in total. The normalized spacial score (nSPS) is 22.5. The lowest BCUT2D eigenvalue weighted by molar-refractivity contribution is 0.0297. The van der Waals surface area contributed by atoms with Gasteiger partial charge in [-0.3, -0.25) is 4.79 Å². The summed E-state index contributed by atoms with van der Waals surface area (Å²) in [7, 11) is 0. The van der Waals surface area contributed by atoms with Gasteiger partial charge in [0.2, 0.25) is 11.8 Å². The molecule has 1 aromatic heterocycles. The molecule has 0 radical (unpaired) electrons. The van der Waals surface area contributed by atoms with Crippen LogP contribution in [0.15, 0.2) is 55.2 Å². The number of carbonyl (C=O) groups excluding carboxylic acids is 2. The van der Waals surface area contributed by atoms with Crippen molar-refractivity contribution >= 4 is 23.6 Å². The third-order valence-corrected chi connectivity index (χ3v) is 10.1. The van der Waals surface area contributed by atoms with Gasteiger partial charge in [0, 0.05) is 44.3 Å². The number of nitrogens with one attached hydrogen (secondary N) is 2. The van der Waals surface area contributed by atoms with Crippen molar-refractivity contribution in [1.29, 1.82) is 0 Å². The van der Waals surface area contributed by atoms with E-state index in [4.69, 9.17) is 19.4 Å². The molecular weight excluding hydrogens is 637 g/mol. The predicted octanol–water partition coefficient (Wildman–Crippen LogP) is 5.76. The summed E-state index contributed by atoms with van der Waals surface area (Å²) in [5.41, 5.74) is 2.32. The van der Waals surface area contributed by atoms with E-state index >= 15 is 4.39 Å². The average molecular weight is 684 g/mol. The Balaban J connectivity index is 1.28. The maximum Gasteiger partial charge on any atom is 0.319 e. The fourth-order valence-corrected chi connectivity index (χ4v) is 7.71. The summed E-state index contributed by atoms with van der Waals surface area (Å²) in [5, 5.41) is 5.16. The molecule has 0 aliphatic carbocycles. The SMILES string of the molecule is C=CN1CCC[C@H]1Cc1ccccc1CN1CC(C)(C)Oc2nc(N3CC4CCC(C3)O4)nc(-c3ccc(NC(=O)NCC)c(F)c3)c2C1=O. The summed E-state index contributed by atoms with van der Waals surface area (Å²) < 4.78 is 28.3. The third kappa shape index (κ3) is 6.98. The molecule has 3 amide bonds. The number of urea groups is 1. The minimum atomic E-state index is -0.792. The minimum Gasteiger partial charge on any atom is -0.469 e. The highest BCUT2D eigenvalue weighted by molar-refractivity contribution is 6.03. The van der Waals surface area contributed by atoms with Gasteiger partial charge in [0.05, 0.1) is 30.1 Å². The molecule has 5 heterocycles. The maximum atomic E-state index is 15.6. The van der Waals surface area contributed by atoms with Gasteiger partial charge in [0.1, 0.15) is 17.0 Å². The van der Waals surface area contributed by atoms with Crippen molar-refractivity contribution in [3.8, 4) is 17.1 Å². The summed E-state index contributed by atoms with van der Waals surface area (Å²) in [5.74, 6) is -0.357. The van der Waals surface area contributed by atoms with Gasteiger partial charge in [0.25, 0.3) is 5.91 Å². The topological polar surface area (TPSA) is 112 Å². The van der Waals surface area contributed by atoms with Crippen LogP contribution in [0.5, 0.6) is 5.88 Å². The zero-order valence-electron chi connectivity index (χ0n) is 29.1. The Hall–Kier alpha value is -4.71. The van der Waals surface area contributed by atoms with Gasteiger partial charge in [-0.05, 0) is 82.3 Å². The van der Waals surface area contributed by atoms with Crippen LogP contribution < -0.4 is 20.3 Å². The molecule has 3 saturated heterocycles. The van der Waals surface area contributed by atoms with Crippen LogP contribution in [0.2, 0.25) is 0 Å². The Kier molecular flexibility index (Phi) is 9.38. The number of morpholine rings is 1. The molecule has 264 valence electrons. The molecule has 3 atom stereocenters. The first-order valence-electron chi connectivity index (χ1n) is 17.7. The molecule has 4 aliphatic heterocycles. The van der Waals surface area contributed by atoms with E-state index < -0.39 is 17.4 Å². The minimum absolute atomic E-state index is 0.0176. The number of benzene rings is 2. The van der Waals surface area contributed by atoms with Gasteiger partial charge in [-0.15, -0.1) is 0 Å². The molecule has 2 unspecified atom stereocenters. The summed E-state index contributed by atoms with van der Waals surface area (Å²) in [6.07, 6.45) is 7.10. The molecule has 2 aromatic carbocycles. The molecule has 0 saturated carbocycles. The van der Waals surface area contributed by atoms with E-state index in [9.17, 15) is 9.59 Å². The van der Waals surface area contributed by atoms with Gasteiger partial charge in [0.15, 0.2) is 0 Å². The third-order valence-electron chi connectivity index (χ3n) is 10.1. The van der Waals surface area contributed by atoms with Crippen molar-refractivity contribution in [2.45, 2.75) is 83.3 Å². The number of ether oxygens (including phenoxy) is 2. The van der Waals surface area contributed by atoms with Gasteiger partial charge >= 0.3 is 6.03 Å².